The molecule has 0 spiro atoms. The van der Waals surface area contributed by atoms with Crippen LogP contribution in [-0.2, 0) is 16.0 Å². The van der Waals surface area contributed by atoms with E-state index in [9.17, 15) is 9.59 Å². The van der Waals surface area contributed by atoms with Crippen LogP contribution >= 0.6 is 11.3 Å². The van der Waals surface area contributed by atoms with Crippen LogP contribution in [0, 0.1) is 6.92 Å². The van der Waals surface area contributed by atoms with Gasteiger partial charge >= 0.3 is 0 Å². The molecule has 2 N–H and O–H groups in total. The normalized spacial score (nSPS) is 10.4. The molecule has 0 aliphatic rings. The molecule has 0 atom stereocenters. The first kappa shape index (κ1) is 18.8. The lowest BCUT2D eigenvalue weighted by Crippen LogP contribution is -2.12. The van der Waals surface area contributed by atoms with Gasteiger partial charge < -0.3 is 10.6 Å². The largest absolute Gasteiger partial charge is 0.326 e. The molecule has 2 aromatic carbocycles. The van der Waals surface area contributed by atoms with Crippen LogP contribution in [0.2, 0.25) is 0 Å². The highest BCUT2D eigenvalue weighted by molar-refractivity contribution is 7.13. The molecule has 1 heterocycles. The molecule has 3 aromatic rings. The molecule has 0 bridgehead atoms. The van der Waals surface area contributed by atoms with Gasteiger partial charge in [0.25, 0.3) is 0 Å². The highest BCUT2D eigenvalue weighted by atomic mass is 32.1. The predicted molar refractivity (Wildman–Crippen MR) is 110 cm³/mol. The Morgan fingerprint density at radius 1 is 1.04 bits per heavy atom. The van der Waals surface area contributed by atoms with E-state index in [4.69, 9.17) is 0 Å². The van der Waals surface area contributed by atoms with Crippen molar-refractivity contribution in [2.75, 3.05) is 10.6 Å². The molecule has 2 amide bonds. The van der Waals surface area contributed by atoms with Gasteiger partial charge in [0.2, 0.25) is 11.8 Å². The van der Waals surface area contributed by atoms with Gasteiger partial charge in [-0.25, -0.2) is 4.98 Å². The minimum Gasteiger partial charge on any atom is -0.326 e. The monoisotopic (exact) mass is 379 g/mol. The zero-order valence-corrected chi connectivity index (χ0v) is 16.1. The van der Waals surface area contributed by atoms with E-state index in [-0.39, 0.29) is 11.8 Å². The second-order valence-electron chi connectivity index (χ2n) is 6.32. The number of rotatable bonds is 6. The number of hydrogen-bond donors (Lipinski definition) is 2. The summed E-state index contributed by atoms with van der Waals surface area (Å²) in [5, 5.41) is 8.54. The van der Waals surface area contributed by atoms with E-state index in [1.807, 2.05) is 17.5 Å². The molecule has 0 radical (unpaired) electrons. The summed E-state index contributed by atoms with van der Waals surface area (Å²) in [5.41, 5.74) is 4.63. The number of nitrogens with zero attached hydrogens (tertiary/aromatic N) is 1. The third-order valence-corrected chi connectivity index (χ3v) is 4.85. The lowest BCUT2D eigenvalue weighted by molar-refractivity contribution is -0.116. The van der Waals surface area contributed by atoms with Crippen LogP contribution in [0.3, 0.4) is 0 Å². The van der Waals surface area contributed by atoms with Crippen molar-refractivity contribution < 1.29 is 9.59 Å². The van der Waals surface area contributed by atoms with E-state index < -0.39 is 0 Å². The third kappa shape index (κ3) is 5.49. The molecule has 0 aliphatic carbocycles. The Bertz CT molecular complexity index is 948. The van der Waals surface area contributed by atoms with Crippen LogP contribution in [0.5, 0.6) is 0 Å². The van der Waals surface area contributed by atoms with E-state index in [1.54, 1.807) is 35.6 Å². The summed E-state index contributed by atoms with van der Waals surface area (Å²) >= 11 is 1.60. The van der Waals surface area contributed by atoms with E-state index in [2.05, 4.69) is 34.7 Å². The average Bonchev–Trinajstić information content (AvgIpc) is 3.10. The number of amides is 2. The van der Waals surface area contributed by atoms with Crippen LogP contribution in [0.4, 0.5) is 11.4 Å². The molecule has 3 rings (SSSR count). The first-order chi connectivity index (χ1) is 13.0. The molecule has 0 saturated heterocycles. The molecule has 0 saturated carbocycles. The number of carbonyl (C=O) groups is 2. The van der Waals surface area contributed by atoms with E-state index in [1.165, 1.54) is 12.5 Å². The van der Waals surface area contributed by atoms with E-state index >= 15 is 0 Å². The van der Waals surface area contributed by atoms with Crippen LogP contribution in [0.1, 0.15) is 24.6 Å². The zero-order valence-electron chi connectivity index (χ0n) is 15.3. The van der Waals surface area contributed by atoms with Gasteiger partial charge in [0.15, 0.2) is 0 Å². The van der Waals surface area contributed by atoms with Gasteiger partial charge in [0, 0.05) is 35.7 Å². The molecule has 0 unspecified atom stereocenters. The molecule has 138 valence electrons. The summed E-state index contributed by atoms with van der Waals surface area (Å²) < 4.78 is 0. The standard InChI is InChI=1S/C21H21N3O2S/c1-14-4-3-5-16(12-14)21-24-19(13-27-21)10-11-20(26)23-18-8-6-17(7-9-18)22-15(2)25/h3-9,12-13H,10-11H2,1-2H3,(H,22,25)(H,23,26). The second-order valence-corrected chi connectivity index (χ2v) is 7.18. The fraction of sp³-hybridized carbons (Fsp3) is 0.190. The van der Waals surface area contributed by atoms with Crippen LogP contribution in [-0.4, -0.2) is 16.8 Å². The Hall–Kier alpha value is -2.99. The summed E-state index contributed by atoms with van der Waals surface area (Å²) in [5.74, 6) is -0.188. The van der Waals surface area contributed by atoms with Crippen LogP contribution in [0.15, 0.2) is 53.9 Å². The average molecular weight is 379 g/mol. The van der Waals surface area contributed by atoms with E-state index in [0.29, 0.717) is 24.2 Å². The van der Waals surface area contributed by atoms with E-state index in [0.717, 1.165) is 16.3 Å². The topological polar surface area (TPSA) is 71.1 Å². The first-order valence-electron chi connectivity index (χ1n) is 8.68. The lowest BCUT2D eigenvalue weighted by Gasteiger charge is -2.06. The Balaban J connectivity index is 1.53. The molecule has 27 heavy (non-hydrogen) atoms. The second kappa shape index (κ2) is 8.60. The van der Waals surface area contributed by atoms with Gasteiger partial charge in [-0.15, -0.1) is 11.3 Å². The van der Waals surface area contributed by atoms with Crippen molar-refractivity contribution in [2.45, 2.75) is 26.7 Å². The summed E-state index contributed by atoms with van der Waals surface area (Å²) in [7, 11) is 0. The Labute approximate surface area is 162 Å². The van der Waals surface area contributed by atoms with Crippen LogP contribution < -0.4 is 10.6 Å². The summed E-state index contributed by atoms with van der Waals surface area (Å²) in [6.45, 7) is 3.52. The molecule has 0 aliphatic heterocycles. The number of carbonyl (C=O) groups excluding carboxylic acids is 2. The zero-order chi connectivity index (χ0) is 19.2. The molecule has 1 aromatic heterocycles. The highest BCUT2D eigenvalue weighted by Gasteiger charge is 2.08. The summed E-state index contributed by atoms with van der Waals surface area (Å²) in [6, 6.07) is 15.3. The van der Waals surface area contributed by atoms with Crippen molar-refractivity contribution in [3.63, 3.8) is 0 Å². The maximum atomic E-state index is 12.2. The number of nitrogens with one attached hydrogen (secondary N) is 2. The van der Waals surface area contributed by atoms with Gasteiger partial charge in [-0.05, 0) is 43.7 Å². The van der Waals surface area contributed by atoms with Gasteiger partial charge in [-0.2, -0.15) is 0 Å². The van der Waals surface area contributed by atoms with Gasteiger partial charge in [0.05, 0.1) is 5.69 Å². The number of thiazole rings is 1. The van der Waals surface area contributed by atoms with Crippen molar-refractivity contribution >= 4 is 34.5 Å². The maximum absolute atomic E-state index is 12.2. The molecule has 0 fully saturated rings. The molecular weight excluding hydrogens is 358 g/mol. The lowest BCUT2D eigenvalue weighted by atomic mass is 10.1. The molecular formula is C21H21N3O2S. The Morgan fingerprint density at radius 3 is 2.41 bits per heavy atom. The first-order valence-corrected chi connectivity index (χ1v) is 9.56. The van der Waals surface area contributed by atoms with Crippen molar-refractivity contribution in [2.24, 2.45) is 0 Å². The number of aryl methyl sites for hydroxylation is 2. The quantitative estimate of drug-likeness (QED) is 0.655. The smallest absolute Gasteiger partial charge is 0.224 e. The predicted octanol–water partition coefficient (Wildman–Crippen LogP) is 4.65. The van der Waals surface area contributed by atoms with Crippen molar-refractivity contribution in [1.82, 2.24) is 4.98 Å². The van der Waals surface area contributed by atoms with Gasteiger partial charge in [-0.1, -0.05) is 23.8 Å². The van der Waals surface area contributed by atoms with Gasteiger partial charge in [-0.3, -0.25) is 9.59 Å². The minimum atomic E-state index is -0.125. The van der Waals surface area contributed by atoms with Gasteiger partial charge in [0.1, 0.15) is 5.01 Å². The number of hydrogen-bond acceptors (Lipinski definition) is 4. The fourth-order valence-corrected chi connectivity index (χ4v) is 3.49. The van der Waals surface area contributed by atoms with Crippen molar-refractivity contribution in [3.8, 4) is 10.6 Å². The SMILES string of the molecule is CC(=O)Nc1ccc(NC(=O)CCc2csc(-c3cccc(C)c3)n2)cc1. The number of benzene rings is 2. The van der Waals surface area contributed by atoms with Crippen molar-refractivity contribution in [1.29, 1.82) is 0 Å². The summed E-state index contributed by atoms with van der Waals surface area (Å²) in [6.07, 6.45) is 0.961. The summed E-state index contributed by atoms with van der Waals surface area (Å²) in [4.78, 5) is 27.8. The Kier molecular flexibility index (Phi) is 5.98. The van der Waals surface area contributed by atoms with Crippen molar-refractivity contribution in [3.05, 3.63) is 65.2 Å². The number of aromatic nitrogens is 1. The third-order valence-electron chi connectivity index (χ3n) is 3.91. The molecule has 5 nitrogen and oxygen atoms in total. The van der Waals surface area contributed by atoms with Crippen LogP contribution in [0.25, 0.3) is 10.6 Å². The maximum Gasteiger partial charge on any atom is 0.224 e. The number of anilines is 2. The fourth-order valence-electron chi connectivity index (χ4n) is 2.64. The minimum absolute atomic E-state index is 0.0626. The Morgan fingerprint density at radius 2 is 1.74 bits per heavy atom. The highest BCUT2D eigenvalue weighted by Crippen LogP contribution is 2.25. The molecule has 6 heteroatoms.